The smallest absolute Gasteiger partial charge is 0.242 e. The van der Waals surface area contributed by atoms with Crippen molar-refractivity contribution in [2.75, 3.05) is 44.2 Å². The molecule has 2 aromatic heterocycles. The van der Waals surface area contributed by atoms with E-state index in [-0.39, 0.29) is 5.91 Å². The summed E-state index contributed by atoms with van der Waals surface area (Å²) in [5, 5.41) is 6.06. The van der Waals surface area contributed by atoms with E-state index < -0.39 is 0 Å². The molecule has 0 radical (unpaired) electrons. The number of rotatable bonds is 7. The zero-order chi connectivity index (χ0) is 20.1. The highest BCUT2D eigenvalue weighted by Gasteiger charge is 2.24. The molecular formula is C21H25N5O2S. The van der Waals surface area contributed by atoms with Crippen LogP contribution < -0.4 is 4.90 Å². The van der Waals surface area contributed by atoms with Gasteiger partial charge < -0.3 is 14.3 Å². The number of para-hydroxylation sites is 1. The zero-order valence-corrected chi connectivity index (χ0v) is 17.3. The molecule has 1 aliphatic rings. The summed E-state index contributed by atoms with van der Waals surface area (Å²) in [7, 11) is 0. The van der Waals surface area contributed by atoms with Crippen LogP contribution in [-0.2, 0) is 11.3 Å². The number of aromatic nitrogens is 2. The Bertz CT molecular complexity index is 904. The van der Waals surface area contributed by atoms with Gasteiger partial charge in [-0.2, -0.15) is 4.98 Å². The van der Waals surface area contributed by atoms with E-state index in [2.05, 4.69) is 26.9 Å². The van der Waals surface area contributed by atoms with Crippen molar-refractivity contribution in [3.05, 3.63) is 53.7 Å². The molecule has 8 heteroatoms. The third-order valence-electron chi connectivity index (χ3n) is 5.12. The second kappa shape index (κ2) is 9.19. The van der Waals surface area contributed by atoms with Crippen molar-refractivity contribution in [3.63, 3.8) is 0 Å². The van der Waals surface area contributed by atoms with Gasteiger partial charge >= 0.3 is 0 Å². The maximum Gasteiger partial charge on any atom is 0.242 e. The van der Waals surface area contributed by atoms with E-state index in [1.807, 2.05) is 52.7 Å². The van der Waals surface area contributed by atoms with Crippen molar-refractivity contribution in [1.82, 2.24) is 19.9 Å². The molecule has 0 spiro atoms. The molecule has 29 heavy (non-hydrogen) atoms. The highest BCUT2D eigenvalue weighted by atomic mass is 32.1. The maximum absolute atomic E-state index is 12.8. The zero-order valence-electron chi connectivity index (χ0n) is 16.5. The van der Waals surface area contributed by atoms with Crippen molar-refractivity contribution in [3.8, 4) is 10.7 Å². The minimum atomic E-state index is 0.174. The topological polar surface area (TPSA) is 65.7 Å². The Hall–Kier alpha value is -2.71. The number of amides is 1. The molecule has 0 bridgehead atoms. The van der Waals surface area contributed by atoms with Crippen LogP contribution in [0.4, 0.5) is 5.69 Å². The summed E-state index contributed by atoms with van der Waals surface area (Å²) in [6.07, 6.45) is 0. The SMILES string of the molecule is CCN(CC(=O)N1CCN(Cc2nc(-c3cccs3)no2)CC1)c1ccccc1. The molecule has 0 aliphatic carbocycles. The Morgan fingerprint density at radius 2 is 1.93 bits per heavy atom. The molecule has 0 N–H and O–H groups in total. The Balaban J connectivity index is 1.27. The van der Waals surface area contributed by atoms with Crippen molar-refractivity contribution < 1.29 is 9.32 Å². The fraction of sp³-hybridized carbons (Fsp3) is 0.381. The van der Waals surface area contributed by atoms with Crippen molar-refractivity contribution in [1.29, 1.82) is 0 Å². The van der Waals surface area contributed by atoms with Gasteiger partial charge in [0.15, 0.2) is 0 Å². The standard InChI is InChI=1S/C21H25N5O2S/c1-2-25(17-7-4-3-5-8-17)16-20(27)26-12-10-24(11-13-26)15-19-22-21(23-28-19)18-9-6-14-29-18/h3-9,14H,2,10-13,15-16H2,1H3. The largest absolute Gasteiger partial charge is 0.362 e. The lowest BCUT2D eigenvalue weighted by atomic mass is 10.2. The molecule has 1 saturated heterocycles. The highest BCUT2D eigenvalue weighted by Crippen LogP contribution is 2.22. The van der Waals surface area contributed by atoms with Crippen LogP contribution in [0.15, 0.2) is 52.4 Å². The number of nitrogens with zero attached hydrogens (tertiary/aromatic N) is 5. The third kappa shape index (κ3) is 4.83. The lowest BCUT2D eigenvalue weighted by molar-refractivity contribution is -0.131. The Kier molecular flexibility index (Phi) is 6.21. The van der Waals surface area contributed by atoms with Gasteiger partial charge in [0.25, 0.3) is 0 Å². The van der Waals surface area contributed by atoms with Gasteiger partial charge in [-0.25, -0.2) is 0 Å². The summed E-state index contributed by atoms with van der Waals surface area (Å²) in [5.74, 6) is 1.44. The number of hydrogen-bond donors (Lipinski definition) is 0. The second-order valence-electron chi connectivity index (χ2n) is 7.00. The normalized spacial score (nSPS) is 14.9. The number of piperazine rings is 1. The molecule has 1 fully saturated rings. The third-order valence-corrected chi connectivity index (χ3v) is 5.99. The number of anilines is 1. The average molecular weight is 412 g/mol. The van der Waals surface area contributed by atoms with E-state index in [4.69, 9.17) is 4.52 Å². The minimum Gasteiger partial charge on any atom is -0.362 e. The van der Waals surface area contributed by atoms with E-state index in [9.17, 15) is 4.79 Å². The number of carbonyl (C=O) groups is 1. The summed E-state index contributed by atoms with van der Waals surface area (Å²) in [6, 6.07) is 14.0. The minimum absolute atomic E-state index is 0.174. The Labute approximate surface area is 174 Å². The summed E-state index contributed by atoms with van der Waals surface area (Å²) < 4.78 is 5.40. The van der Waals surface area contributed by atoms with Crippen LogP contribution in [0.25, 0.3) is 10.7 Å². The van der Waals surface area contributed by atoms with E-state index in [0.29, 0.717) is 24.8 Å². The van der Waals surface area contributed by atoms with E-state index in [1.165, 1.54) is 0 Å². The molecule has 0 unspecified atom stereocenters. The molecule has 7 nitrogen and oxygen atoms in total. The van der Waals surface area contributed by atoms with Crippen molar-refractivity contribution in [2.24, 2.45) is 0 Å². The molecule has 1 aliphatic heterocycles. The summed E-state index contributed by atoms with van der Waals surface area (Å²) in [5.41, 5.74) is 1.08. The van der Waals surface area contributed by atoms with Gasteiger partial charge in [-0.3, -0.25) is 9.69 Å². The second-order valence-corrected chi connectivity index (χ2v) is 7.94. The predicted octanol–water partition coefficient (Wildman–Crippen LogP) is 2.97. The fourth-order valence-electron chi connectivity index (χ4n) is 3.46. The molecule has 1 amide bonds. The van der Waals surface area contributed by atoms with Crippen LogP contribution in [-0.4, -0.2) is 65.1 Å². The number of benzene rings is 1. The lowest BCUT2D eigenvalue weighted by Crippen LogP contribution is -2.51. The number of carbonyl (C=O) groups excluding carboxylic acids is 1. The first-order valence-electron chi connectivity index (χ1n) is 9.89. The molecule has 0 atom stereocenters. The first kappa shape index (κ1) is 19.6. The van der Waals surface area contributed by atoms with E-state index >= 15 is 0 Å². The highest BCUT2D eigenvalue weighted by molar-refractivity contribution is 7.13. The van der Waals surface area contributed by atoms with E-state index in [1.54, 1.807) is 11.3 Å². The molecule has 0 saturated carbocycles. The molecule has 152 valence electrons. The van der Waals surface area contributed by atoms with Crippen LogP contribution in [0, 0.1) is 0 Å². The monoisotopic (exact) mass is 411 g/mol. The fourth-order valence-corrected chi connectivity index (χ4v) is 4.11. The van der Waals surface area contributed by atoms with Gasteiger partial charge in [0.1, 0.15) is 0 Å². The van der Waals surface area contributed by atoms with Gasteiger partial charge in [-0.15, -0.1) is 11.3 Å². The van der Waals surface area contributed by atoms with Gasteiger partial charge in [-0.1, -0.05) is 29.4 Å². The molecule has 3 heterocycles. The molecule has 4 rings (SSSR count). The summed E-state index contributed by atoms with van der Waals surface area (Å²) in [6.45, 7) is 6.96. The molecule has 1 aromatic carbocycles. The van der Waals surface area contributed by atoms with Crippen LogP contribution in [0.2, 0.25) is 0 Å². The van der Waals surface area contributed by atoms with Gasteiger partial charge in [0.05, 0.1) is 18.0 Å². The van der Waals surface area contributed by atoms with Crippen molar-refractivity contribution >= 4 is 22.9 Å². The average Bonchev–Trinajstić information content (AvgIpc) is 3.45. The summed E-state index contributed by atoms with van der Waals surface area (Å²) in [4.78, 5) is 24.6. The van der Waals surface area contributed by atoms with Gasteiger partial charge in [0.2, 0.25) is 17.6 Å². The Morgan fingerprint density at radius 1 is 1.14 bits per heavy atom. The molecular weight excluding hydrogens is 386 g/mol. The van der Waals surface area contributed by atoms with E-state index in [0.717, 1.165) is 43.3 Å². The van der Waals surface area contributed by atoms with Crippen LogP contribution in [0.1, 0.15) is 12.8 Å². The van der Waals surface area contributed by atoms with Crippen LogP contribution in [0.5, 0.6) is 0 Å². The van der Waals surface area contributed by atoms with Crippen LogP contribution >= 0.6 is 11.3 Å². The molecule has 3 aromatic rings. The first-order valence-corrected chi connectivity index (χ1v) is 10.8. The number of hydrogen-bond acceptors (Lipinski definition) is 7. The van der Waals surface area contributed by atoms with Gasteiger partial charge in [0, 0.05) is 38.4 Å². The number of likely N-dealkylation sites (N-methyl/N-ethyl adjacent to an activating group) is 1. The maximum atomic E-state index is 12.8. The quantitative estimate of drug-likeness (QED) is 0.596. The van der Waals surface area contributed by atoms with Crippen molar-refractivity contribution in [2.45, 2.75) is 13.5 Å². The lowest BCUT2D eigenvalue weighted by Gasteiger charge is -2.35. The van der Waals surface area contributed by atoms with Crippen LogP contribution in [0.3, 0.4) is 0 Å². The summed E-state index contributed by atoms with van der Waals surface area (Å²) >= 11 is 1.60. The predicted molar refractivity (Wildman–Crippen MR) is 114 cm³/mol. The number of thiophene rings is 1. The first-order chi connectivity index (χ1) is 14.2. The van der Waals surface area contributed by atoms with Gasteiger partial charge in [-0.05, 0) is 30.5 Å². The Morgan fingerprint density at radius 3 is 2.62 bits per heavy atom.